The average Bonchev–Trinajstić information content (AvgIpc) is 3.23. The first kappa shape index (κ1) is 15.1. The van der Waals surface area contributed by atoms with Crippen molar-refractivity contribution in [3.63, 3.8) is 0 Å². The zero-order valence-corrected chi connectivity index (χ0v) is 15.8. The molecule has 0 amide bonds. The Hall–Kier alpha value is -3.04. The van der Waals surface area contributed by atoms with Crippen LogP contribution in [0.1, 0.15) is 13.8 Å². The minimum absolute atomic E-state index is 0.332. The molecule has 1 aliphatic carbocycles. The summed E-state index contributed by atoms with van der Waals surface area (Å²) < 4.78 is 8.62. The number of aromatic hydroxyl groups is 1. The highest BCUT2D eigenvalue weighted by molar-refractivity contribution is 7.26. The van der Waals surface area contributed by atoms with Crippen molar-refractivity contribution in [2.24, 2.45) is 0 Å². The largest absolute Gasteiger partial charge is 0.507 e. The first-order valence-corrected chi connectivity index (χ1v) is 10.1. The number of rotatable bonds is 0. The lowest BCUT2D eigenvalue weighted by molar-refractivity contribution is 0.478. The van der Waals surface area contributed by atoms with E-state index in [0.717, 1.165) is 27.7 Å². The van der Waals surface area contributed by atoms with Crippen molar-refractivity contribution in [1.82, 2.24) is 0 Å². The van der Waals surface area contributed by atoms with Crippen LogP contribution in [-0.4, -0.2) is 5.11 Å². The van der Waals surface area contributed by atoms with Gasteiger partial charge in [0.25, 0.3) is 0 Å². The maximum Gasteiger partial charge on any atom is 0.136 e. The second-order valence-electron chi connectivity index (χ2n) is 6.69. The van der Waals surface area contributed by atoms with E-state index in [2.05, 4.69) is 30.3 Å². The molecule has 0 fully saturated rings. The summed E-state index contributed by atoms with van der Waals surface area (Å²) in [5, 5.41) is 17.9. The molecule has 1 N–H and O–H groups in total. The minimum atomic E-state index is 0.332. The van der Waals surface area contributed by atoms with Gasteiger partial charge in [-0.2, -0.15) is 0 Å². The topological polar surface area (TPSA) is 33.4 Å². The Morgan fingerprint density at radius 3 is 2.33 bits per heavy atom. The van der Waals surface area contributed by atoms with E-state index in [1.807, 2.05) is 38.1 Å². The van der Waals surface area contributed by atoms with Gasteiger partial charge in [0, 0.05) is 41.9 Å². The fraction of sp³-hybridized carbons (Fsp3) is 0.0833. The standard InChI is InChI=1S/C22H10O2S.C2H6/c23-12-6-9-16-22-18(12)11-2-1-3-13-19(11)20-14(24-13)7-4-10-5-8-15(25-16)21(22)17(10)20;1-2/h1-9,23H;1-2H3. The van der Waals surface area contributed by atoms with Gasteiger partial charge in [-0.1, -0.05) is 38.1 Å². The van der Waals surface area contributed by atoms with Crippen molar-refractivity contribution in [3.05, 3.63) is 54.6 Å². The van der Waals surface area contributed by atoms with Gasteiger partial charge in [-0.05, 0) is 41.3 Å². The van der Waals surface area contributed by atoms with Gasteiger partial charge in [0.05, 0.1) is 0 Å². The van der Waals surface area contributed by atoms with E-state index >= 15 is 0 Å². The van der Waals surface area contributed by atoms with Crippen LogP contribution >= 0.6 is 11.3 Å². The van der Waals surface area contributed by atoms with E-state index < -0.39 is 0 Å². The molecule has 1 aliphatic rings. The second-order valence-corrected chi connectivity index (χ2v) is 7.77. The fourth-order valence-corrected chi connectivity index (χ4v) is 5.67. The van der Waals surface area contributed by atoms with E-state index in [4.69, 9.17) is 4.42 Å². The summed E-state index contributed by atoms with van der Waals surface area (Å²) in [6.45, 7) is 4.00. The molecule has 3 heteroatoms. The number of phenolic OH excluding ortho intramolecular Hbond substituents is 1. The molecule has 4 aromatic carbocycles. The third-order valence-electron chi connectivity index (χ3n) is 5.49. The van der Waals surface area contributed by atoms with Crippen LogP contribution < -0.4 is 0 Å². The highest BCUT2D eigenvalue weighted by atomic mass is 32.1. The molecule has 6 aromatic rings. The molecule has 0 spiro atoms. The van der Waals surface area contributed by atoms with Crippen LogP contribution in [0.2, 0.25) is 0 Å². The van der Waals surface area contributed by atoms with E-state index in [-0.39, 0.29) is 0 Å². The lowest BCUT2D eigenvalue weighted by Crippen LogP contribution is -1.81. The van der Waals surface area contributed by atoms with Gasteiger partial charge in [0.1, 0.15) is 16.9 Å². The average molecular weight is 368 g/mol. The molecule has 0 atom stereocenters. The molecular weight excluding hydrogens is 352 g/mol. The maximum atomic E-state index is 10.8. The summed E-state index contributed by atoms with van der Waals surface area (Å²) >= 11 is 1.79. The van der Waals surface area contributed by atoms with Crippen LogP contribution in [0.25, 0.3) is 64.0 Å². The van der Waals surface area contributed by atoms with Crippen molar-refractivity contribution < 1.29 is 9.52 Å². The molecule has 7 rings (SSSR count). The number of phenols is 1. The predicted octanol–water partition coefficient (Wildman–Crippen LogP) is 7.82. The SMILES string of the molecule is CC.Oc1ccc2sc3ccc4ccc5oc6cccc7c6c5c4c3c2c1-7. The summed E-state index contributed by atoms with van der Waals surface area (Å²) in [7, 11) is 0. The normalized spacial score (nSPS) is 12.2. The molecular formula is C24H16O2S. The number of hydrogen-bond acceptors (Lipinski definition) is 3. The molecule has 2 aromatic heterocycles. The number of fused-ring (bicyclic) bond motifs is 1. The molecule has 2 nitrogen and oxygen atoms in total. The molecule has 2 heterocycles. The van der Waals surface area contributed by atoms with Crippen LogP contribution in [0.5, 0.6) is 5.75 Å². The van der Waals surface area contributed by atoms with Gasteiger partial charge in [-0.25, -0.2) is 0 Å². The first-order chi connectivity index (χ1) is 13.3. The monoisotopic (exact) mass is 368 g/mol. The highest BCUT2D eigenvalue weighted by Crippen LogP contribution is 2.53. The molecule has 0 aliphatic heterocycles. The lowest BCUT2D eigenvalue weighted by atomic mass is 9.97. The summed E-state index contributed by atoms with van der Waals surface area (Å²) in [4.78, 5) is 0. The zero-order chi connectivity index (χ0) is 18.3. The van der Waals surface area contributed by atoms with Gasteiger partial charge >= 0.3 is 0 Å². The maximum absolute atomic E-state index is 10.8. The van der Waals surface area contributed by atoms with Crippen molar-refractivity contribution in [2.45, 2.75) is 13.8 Å². The third-order valence-corrected chi connectivity index (χ3v) is 6.61. The summed E-state index contributed by atoms with van der Waals surface area (Å²) in [6.07, 6.45) is 0. The van der Waals surface area contributed by atoms with Crippen molar-refractivity contribution >= 4 is 64.2 Å². The first-order valence-electron chi connectivity index (χ1n) is 9.27. The Balaban J connectivity index is 0.000000710. The Morgan fingerprint density at radius 1 is 0.704 bits per heavy atom. The summed E-state index contributed by atoms with van der Waals surface area (Å²) in [5.74, 6) is 0.332. The van der Waals surface area contributed by atoms with Gasteiger partial charge in [-0.3, -0.25) is 0 Å². The molecule has 27 heavy (non-hydrogen) atoms. The van der Waals surface area contributed by atoms with Gasteiger partial charge < -0.3 is 9.52 Å². The highest BCUT2D eigenvalue weighted by Gasteiger charge is 2.25. The Bertz CT molecular complexity index is 1540. The minimum Gasteiger partial charge on any atom is -0.507 e. The molecule has 0 radical (unpaired) electrons. The second kappa shape index (κ2) is 5.02. The molecule has 0 unspecified atom stereocenters. The van der Waals surface area contributed by atoms with Crippen LogP contribution in [0.3, 0.4) is 0 Å². The van der Waals surface area contributed by atoms with Crippen LogP contribution in [0, 0.1) is 0 Å². The number of thiophene rings is 1. The van der Waals surface area contributed by atoms with Crippen LogP contribution in [0.4, 0.5) is 0 Å². The number of benzene rings is 4. The van der Waals surface area contributed by atoms with E-state index in [1.165, 1.54) is 36.3 Å². The van der Waals surface area contributed by atoms with Gasteiger partial charge in [-0.15, -0.1) is 11.3 Å². The third kappa shape index (κ3) is 1.66. The van der Waals surface area contributed by atoms with Crippen molar-refractivity contribution in [2.75, 3.05) is 0 Å². The zero-order valence-electron chi connectivity index (χ0n) is 15.0. The lowest BCUT2D eigenvalue weighted by Gasteiger charge is -2.07. The number of hydrogen-bond donors (Lipinski definition) is 1. The Labute approximate surface area is 159 Å². The van der Waals surface area contributed by atoms with E-state index in [9.17, 15) is 5.11 Å². The summed E-state index contributed by atoms with van der Waals surface area (Å²) in [5.41, 5.74) is 3.78. The van der Waals surface area contributed by atoms with Crippen LogP contribution in [0.15, 0.2) is 59.0 Å². The van der Waals surface area contributed by atoms with E-state index in [0.29, 0.717) is 5.75 Å². The predicted molar refractivity (Wildman–Crippen MR) is 116 cm³/mol. The fourth-order valence-electron chi connectivity index (χ4n) is 4.54. The molecule has 130 valence electrons. The molecule has 0 saturated carbocycles. The van der Waals surface area contributed by atoms with Gasteiger partial charge in [0.15, 0.2) is 0 Å². The molecule has 0 saturated heterocycles. The van der Waals surface area contributed by atoms with Gasteiger partial charge in [0.2, 0.25) is 0 Å². The number of furan rings is 1. The Morgan fingerprint density at radius 2 is 1.44 bits per heavy atom. The van der Waals surface area contributed by atoms with Crippen molar-refractivity contribution in [1.29, 1.82) is 0 Å². The summed E-state index contributed by atoms with van der Waals surface area (Å²) in [6, 6.07) is 18.6. The quantitative estimate of drug-likeness (QED) is 0.296. The smallest absolute Gasteiger partial charge is 0.136 e. The van der Waals surface area contributed by atoms with E-state index in [1.54, 1.807) is 11.3 Å². The van der Waals surface area contributed by atoms with Crippen LogP contribution in [-0.2, 0) is 0 Å². The molecule has 0 bridgehead atoms. The van der Waals surface area contributed by atoms with Crippen molar-refractivity contribution in [3.8, 4) is 16.9 Å². The Kier molecular flexibility index (Phi) is 2.80.